The Morgan fingerprint density at radius 3 is 2.26 bits per heavy atom. The van der Waals surface area contributed by atoms with Crippen molar-refractivity contribution < 1.29 is 32.6 Å². The van der Waals surface area contributed by atoms with Crippen LogP contribution < -0.4 is 4.74 Å². The summed E-state index contributed by atoms with van der Waals surface area (Å²) in [6, 6.07) is 5.58. The second-order valence-corrected chi connectivity index (χ2v) is 3.45. The van der Waals surface area contributed by atoms with E-state index in [1.165, 1.54) is 24.3 Å². The van der Waals surface area contributed by atoms with E-state index in [2.05, 4.69) is 0 Å². The van der Waals surface area contributed by atoms with E-state index in [-0.39, 0.29) is 5.75 Å². The van der Waals surface area contributed by atoms with Crippen molar-refractivity contribution in [3.8, 4) is 5.75 Å². The number of halogens is 3. The predicted octanol–water partition coefficient (Wildman–Crippen LogP) is 2.29. The molecule has 0 amide bonds. The van der Waals surface area contributed by atoms with Crippen LogP contribution in [0.5, 0.6) is 5.75 Å². The van der Waals surface area contributed by atoms with Crippen LogP contribution in [0.15, 0.2) is 30.3 Å². The molecule has 1 rings (SSSR count). The number of carbonyl (C=O) groups is 2. The summed E-state index contributed by atoms with van der Waals surface area (Å²) >= 11 is 0. The molecule has 0 aromatic heterocycles. The number of carboxylic acid groups (broad SMARTS) is 1. The molecular weight excluding hydrogens is 265 g/mol. The highest BCUT2D eigenvalue weighted by molar-refractivity contribution is 5.97. The molecule has 1 N–H and O–H groups in total. The number of allylic oxidation sites excluding steroid dienone is 1. The van der Waals surface area contributed by atoms with Crippen LogP contribution in [0.4, 0.5) is 13.2 Å². The summed E-state index contributed by atoms with van der Waals surface area (Å²) < 4.78 is 40.6. The van der Waals surface area contributed by atoms with E-state index in [4.69, 9.17) is 9.84 Å². The van der Waals surface area contributed by atoms with Crippen LogP contribution in [-0.2, 0) is 9.59 Å². The largest absolute Gasteiger partial charge is 0.482 e. The number of carbonyl (C=O) groups excluding carboxylic acids is 1. The molecule has 0 aliphatic rings. The van der Waals surface area contributed by atoms with Crippen LogP contribution >= 0.6 is 0 Å². The molecule has 0 heterocycles. The smallest absolute Gasteiger partial charge is 0.454 e. The molecule has 0 aliphatic carbocycles. The lowest BCUT2D eigenvalue weighted by atomic mass is 10.2. The lowest BCUT2D eigenvalue weighted by Crippen LogP contribution is -2.19. The maximum absolute atomic E-state index is 11.9. The summed E-state index contributed by atoms with van der Waals surface area (Å²) in [5, 5.41) is 8.37. The van der Waals surface area contributed by atoms with Gasteiger partial charge in [-0.3, -0.25) is 4.79 Å². The molecule has 102 valence electrons. The second-order valence-electron chi connectivity index (χ2n) is 3.45. The Kier molecular flexibility index (Phi) is 4.68. The Labute approximate surface area is 106 Å². The highest BCUT2D eigenvalue weighted by Gasteiger charge is 2.35. The molecule has 4 nitrogen and oxygen atoms in total. The number of rotatable bonds is 5. The lowest BCUT2D eigenvalue weighted by Gasteiger charge is -2.03. The Morgan fingerprint density at radius 1 is 1.21 bits per heavy atom. The van der Waals surface area contributed by atoms with Gasteiger partial charge in [-0.1, -0.05) is 18.2 Å². The van der Waals surface area contributed by atoms with Gasteiger partial charge in [0, 0.05) is 0 Å². The fourth-order valence-electron chi connectivity index (χ4n) is 1.09. The zero-order valence-corrected chi connectivity index (χ0v) is 9.48. The third-order valence-electron chi connectivity index (χ3n) is 1.95. The monoisotopic (exact) mass is 274 g/mol. The van der Waals surface area contributed by atoms with E-state index in [1.807, 2.05) is 0 Å². The summed E-state index contributed by atoms with van der Waals surface area (Å²) in [4.78, 5) is 20.8. The molecule has 0 saturated carbocycles. The number of hydrogen-bond donors (Lipinski definition) is 1. The molecular formula is C12H9F3O4. The minimum atomic E-state index is -4.89. The molecule has 0 spiro atoms. The van der Waals surface area contributed by atoms with E-state index < -0.39 is 24.5 Å². The van der Waals surface area contributed by atoms with Gasteiger partial charge in [0.1, 0.15) is 5.75 Å². The number of ketones is 1. The first-order chi connectivity index (χ1) is 8.79. The normalized spacial score (nSPS) is 11.5. The molecule has 1 aromatic rings. The topological polar surface area (TPSA) is 63.6 Å². The lowest BCUT2D eigenvalue weighted by molar-refractivity contribution is -0.165. The van der Waals surface area contributed by atoms with E-state index in [1.54, 1.807) is 0 Å². The SMILES string of the molecule is O=C(O)COc1ccc(C=CC(=O)C(F)(F)F)cc1. The fraction of sp³-hybridized carbons (Fsp3) is 0.167. The van der Waals surface area contributed by atoms with Gasteiger partial charge in [0.15, 0.2) is 6.61 Å². The number of aliphatic carboxylic acids is 1. The highest BCUT2D eigenvalue weighted by atomic mass is 19.4. The molecule has 0 radical (unpaired) electrons. The van der Waals surface area contributed by atoms with Gasteiger partial charge in [0.25, 0.3) is 5.78 Å². The van der Waals surface area contributed by atoms with Crippen molar-refractivity contribution in [1.82, 2.24) is 0 Å². The number of benzene rings is 1. The van der Waals surface area contributed by atoms with Crippen molar-refractivity contribution in [3.63, 3.8) is 0 Å². The van der Waals surface area contributed by atoms with E-state index in [0.717, 1.165) is 6.08 Å². The number of alkyl halides is 3. The van der Waals surface area contributed by atoms with Gasteiger partial charge in [-0.25, -0.2) is 4.79 Å². The van der Waals surface area contributed by atoms with Crippen LogP contribution in [0.1, 0.15) is 5.56 Å². The summed E-state index contributed by atoms with van der Waals surface area (Å²) in [6.07, 6.45) is -3.45. The van der Waals surface area contributed by atoms with Crippen LogP contribution in [-0.4, -0.2) is 29.6 Å². The zero-order valence-electron chi connectivity index (χ0n) is 9.48. The van der Waals surface area contributed by atoms with Gasteiger partial charge in [0.2, 0.25) is 0 Å². The Hall–Kier alpha value is -2.31. The molecule has 0 fully saturated rings. The van der Waals surface area contributed by atoms with Crippen molar-refractivity contribution in [2.45, 2.75) is 6.18 Å². The summed E-state index contributed by atoms with van der Waals surface area (Å²) in [7, 11) is 0. The standard InChI is InChI=1S/C12H9F3O4/c13-12(14,15)10(16)6-3-8-1-4-9(5-2-8)19-7-11(17)18/h1-6H,7H2,(H,17,18). The van der Waals surface area contributed by atoms with E-state index >= 15 is 0 Å². The Bertz CT molecular complexity index is 489. The molecule has 0 aliphatic heterocycles. The highest BCUT2D eigenvalue weighted by Crippen LogP contribution is 2.18. The summed E-state index contributed by atoms with van der Waals surface area (Å²) in [6.45, 7) is -0.512. The average molecular weight is 274 g/mol. The minimum Gasteiger partial charge on any atom is -0.482 e. The maximum atomic E-state index is 11.9. The van der Waals surface area contributed by atoms with Gasteiger partial charge < -0.3 is 9.84 Å². The van der Waals surface area contributed by atoms with Crippen molar-refractivity contribution in [1.29, 1.82) is 0 Å². The van der Waals surface area contributed by atoms with Crippen LogP contribution in [0, 0.1) is 0 Å². The van der Waals surface area contributed by atoms with Gasteiger partial charge in [-0.05, 0) is 23.8 Å². The first kappa shape index (κ1) is 14.7. The van der Waals surface area contributed by atoms with Gasteiger partial charge >= 0.3 is 12.1 Å². The van der Waals surface area contributed by atoms with Crippen molar-refractivity contribution >= 4 is 17.8 Å². The average Bonchev–Trinajstić information content (AvgIpc) is 2.33. The molecule has 0 unspecified atom stereocenters. The third kappa shape index (κ3) is 5.24. The molecule has 1 aromatic carbocycles. The summed E-state index contributed by atoms with van der Waals surface area (Å²) in [5.74, 6) is -2.82. The van der Waals surface area contributed by atoms with Crippen molar-refractivity contribution in [2.24, 2.45) is 0 Å². The fourth-order valence-corrected chi connectivity index (χ4v) is 1.09. The molecule has 0 bridgehead atoms. The first-order valence-electron chi connectivity index (χ1n) is 5.03. The van der Waals surface area contributed by atoms with Gasteiger partial charge in [-0.15, -0.1) is 0 Å². The zero-order chi connectivity index (χ0) is 14.5. The third-order valence-corrected chi connectivity index (χ3v) is 1.95. The van der Waals surface area contributed by atoms with Crippen LogP contribution in [0.2, 0.25) is 0 Å². The van der Waals surface area contributed by atoms with Gasteiger partial charge in [0.05, 0.1) is 0 Å². The number of hydrogen-bond acceptors (Lipinski definition) is 3. The Morgan fingerprint density at radius 2 is 1.79 bits per heavy atom. The minimum absolute atomic E-state index is 0.265. The van der Waals surface area contributed by atoms with Crippen molar-refractivity contribution in [2.75, 3.05) is 6.61 Å². The van der Waals surface area contributed by atoms with Gasteiger partial charge in [-0.2, -0.15) is 13.2 Å². The number of ether oxygens (including phenoxy) is 1. The number of carboxylic acids is 1. The van der Waals surface area contributed by atoms with Crippen LogP contribution in [0.3, 0.4) is 0 Å². The molecule has 0 atom stereocenters. The Balaban J connectivity index is 2.64. The molecule has 0 saturated heterocycles. The molecule has 7 heteroatoms. The summed E-state index contributed by atoms with van der Waals surface area (Å²) in [5.41, 5.74) is 0.361. The van der Waals surface area contributed by atoms with E-state index in [9.17, 15) is 22.8 Å². The van der Waals surface area contributed by atoms with Crippen molar-refractivity contribution in [3.05, 3.63) is 35.9 Å². The molecule has 19 heavy (non-hydrogen) atoms. The van der Waals surface area contributed by atoms with Crippen LogP contribution in [0.25, 0.3) is 6.08 Å². The van der Waals surface area contributed by atoms with E-state index in [0.29, 0.717) is 11.6 Å². The second kappa shape index (κ2) is 6.03. The first-order valence-corrected chi connectivity index (χ1v) is 5.03. The predicted molar refractivity (Wildman–Crippen MR) is 59.7 cm³/mol. The maximum Gasteiger partial charge on any atom is 0.454 e. The quantitative estimate of drug-likeness (QED) is 0.837.